The second kappa shape index (κ2) is 5.87. The van der Waals surface area contributed by atoms with Crippen LogP contribution in [-0.2, 0) is 6.54 Å². The lowest BCUT2D eigenvalue weighted by Crippen LogP contribution is -2.39. The number of hydrogen-bond acceptors (Lipinski definition) is 3. The summed E-state index contributed by atoms with van der Waals surface area (Å²) in [5.41, 5.74) is 0.0409. The Morgan fingerprint density at radius 3 is 2.72 bits per heavy atom. The third kappa shape index (κ3) is 3.13. The van der Waals surface area contributed by atoms with Gasteiger partial charge in [-0.2, -0.15) is 0 Å². The molecule has 0 aromatic carbocycles. The quantitative estimate of drug-likeness (QED) is 0.803. The Kier molecular flexibility index (Phi) is 4.43. The van der Waals surface area contributed by atoms with Gasteiger partial charge in [-0.1, -0.05) is 29.8 Å². The SMILES string of the molecule is CC(C)Cn1ccnc(N2CCC(Br)CC2)c1=O. The van der Waals surface area contributed by atoms with Crippen molar-refractivity contribution >= 4 is 21.7 Å². The number of anilines is 1. The molecule has 0 bridgehead atoms. The summed E-state index contributed by atoms with van der Waals surface area (Å²) in [7, 11) is 0. The van der Waals surface area contributed by atoms with Crippen molar-refractivity contribution in [2.24, 2.45) is 5.92 Å². The predicted molar refractivity (Wildman–Crippen MR) is 77.5 cm³/mol. The van der Waals surface area contributed by atoms with Crippen LogP contribution in [0.25, 0.3) is 0 Å². The van der Waals surface area contributed by atoms with Gasteiger partial charge in [0.25, 0.3) is 5.56 Å². The number of aromatic nitrogens is 2. The van der Waals surface area contributed by atoms with Crippen LogP contribution in [0.4, 0.5) is 5.82 Å². The van der Waals surface area contributed by atoms with Crippen molar-refractivity contribution in [1.29, 1.82) is 0 Å². The summed E-state index contributed by atoms with van der Waals surface area (Å²) in [4.78, 5) is 19.3. The molecule has 1 saturated heterocycles. The molecule has 0 N–H and O–H groups in total. The highest BCUT2D eigenvalue weighted by Gasteiger charge is 2.20. The molecule has 0 amide bonds. The molecule has 1 aliphatic heterocycles. The summed E-state index contributed by atoms with van der Waals surface area (Å²) < 4.78 is 1.77. The van der Waals surface area contributed by atoms with Crippen molar-refractivity contribution in [3.05, 3.63) is 22.7 Å². The Morgan fingerprint density at radius 1 is 1.44 bits per heavy atom. The van der Waals surface area contributed by atoms with E-state index in [9.17, 15) is 4.79 Å². The second-order valence-corrected chi connectivity index (χ2v) is 6.56. The van der Waals surface area contributed by atoms with Crippen molar-refractivity contribution in [2.75, 3.05) is 18.0 Å². The van der Waals surface area contributed by atoms with Gasteiger partial charge in [-0.15, -0.1) is 0 Å². The van der Waals surface area contributed by atoms with Crippen LogP contribution in [0.3, 0.4) is 0 Å². The van der Waals surface area contributed by atoms with Gasteiger partial charge in [0.05, 0.1) is 0 Å². The largest absolute Gasteiger partial charge is 0.352 e. The number of rotatable bonds is 3. The van der Waals surface area contributed by atoms with E-state index in [0.29, 0.717) is 16.6 Å². The number of hydrogen-bond donors (Lipinski definition) is 0. The van der Waals surface area contributed by atoms with Gasteiger partial charge in [0.1, 0.15) is 0 Å². The molecule has 0 radical (unpaired) electrons. The summed E-state index contributed by atoms with van der Waals surface area (Å²) in [6, 6.07) is 0. The van der Waals surface area contributed by atoms with Gasteiger partial charge < -0.3 is 9.47 Å². The van der Waals surface area contributed by atoms with Gasteiger partial charge in [-0.3, -0.25) is 4.79 Å². The third-order valence-corrected chi connectivity index (χ3v) is 4.10. The molecule has 18 heavy (non-hydrogen) atoms. The van der Waals surface area contributed by atoms with E-state index < -0.39 is 0 Å². The zero-order valence-corrected chi connectivity index (χ0v) is 12.6. The number of nitrogens with zero attached hydrogens (tertiary/aromatic N) is 3. The highest BCUT2D eigenvalue weighted by molar-refractivity contribution is 9.09. The number of piperidine rings is 1. The Labute approximate surface area is 116 Å². The summed E-state index contributed by atoms with van der Waals surface area (Å²) in [5, 5.41) is 0. The van der Waals surface area contributed by atoms with Crippen LogP contribution in [0.5, 0.6) is 0 Å². The maximum atomic E-state index is 12.3. The first-order valence-electron chi connectivity index (χ1n) is 6.52. The highest BCUT2D eigenvalue weighted by atomic mass is 79.9. The van der Waals surface area contributed by atoms with E-state index in [-0.39, 0.29) is 5.56 Å². The topological polar surface area (TPSA) is 38.1 Å². The van der Waals surface area contributed by atoms with E-state index >= 15 is 0 Å². The van der Waals surface area contributed by atoms with Crippen LogP contribution >= 0.6 is 15.9 Å². The van der Waals surface area contributed by atoms with E-state index in [2.05, 4.69) is 39.7 Å². The van der Waals surface area contributed by atoms with Crippen molar-refractivity contribution in [1.82, 2.24) is 9.55 Å². The van der Waals surface area contributed by atoms with Crippen LogP contribution in [-0.4, -0.2) is 27.5 Å². The molecular formula is C13H20BrN3O. The molecule has 0 saturated carbocycles. The number of halogens is 1. The van der Waals surface area contributed by atoms with Crippen LogP contribution in [0.15, 0.2) is 17.2 Å². The highest BCUT2D eigenvalue weighted by Crippen LogP contribution is 2.19. The van der Waals surface area contributed by atoms with E-state index in [0.717, 1.165) is 32.5 Å². The van der Waals surface area contributed by atoms with Crippen molar-refractivity contribution in [3.63, 3.8) is 0 Å². The average Bonchev–Trinajstić information content (AvgIpc) is 2.33. The van der Waals surface area contributed by atoms with Gasteiger partial charge in [-0.05, 0) is 18.8 Å². The molecule has 5 heteroatoms. The molecule has 100 valence electrons. The minimum atomic E-state index is 0.0409. The molecule has 0 unspecified atom stereocenters. The lowest BCUT2D eigenvalue weighted by molar-refractivity contribution is 0.505. The maximum Gasteiger partial charge on any atom is 0.293 e. The zero-order chi connectivity index (χ0) is 13.1. The van der Waals surface area contributed by atoms with E-state index in [1.165, 1.54) is 0 Å². The maximum absolute atomic E-state index is 12.3. The molecule has 1 aliphatic rings. The predicted octanol–water partition coefficient (Wildman–Crippen LogP) is 2.26. The molecule has 0 spiro atoms. The summed E-state index contributed by atoms with van der Waals surface area (Å²) in [6.07, 6.45) is 5.66. The lowest BCUT2D eigenvalue weighted by atomic mass is 10.1. The van der Waals surface area contributed by atoms with Gasteiger partial charge in [-0.25, -0.2) is 4.98 Å². The molecular weight excluding hydrogens is 294 g/mol. The molecule has 1 aromatic rings. The van der Waals surface area contributed by atoms with Gasteiger partial charge in [0, 0.05) is 36.9 Å². The summed E-state index contributed by atoms with van der Waals surface area (Å²) >= 11 is 3.62. The minimum absolute atomic E-state index is 0.0409. The molecule has 2 rings (SSSR count). The molecule has 0 atom stereocenters. The van der Waals surface area contributed by atoms with Crippen molar-refractivity contribution < 1.29 is 0 Å². The first-order chi connectivity index (χ1) is 8.58. The monoisotopic (exact) mass is 313 g/mol. The van der Waals surface area contributed by atoms with Crippen molar-refractivity contribution in [3.8, 4) is 0 Å². The van der Waals surface area contributed by atoms with E-state index in [1.807, 2.05) is 0 Å². The zero-order valence-electron chi connectivity index (χ0n) is 11.0. The Hall–Kier alpha value is -0.840. The van der Waals surface area contributed by atoms with Crippen LogP contribution in [0.1, 0.15) is 26.7 Å². The fourth-order valence-corrected chi connectivity index (χ4v) is 2.66. The smallest absolute Gasteiger partial charge is 0.293 e. The standard InChI is InChI=1S/C13H20BrN3O/c1-10(2)9-17-8-5-15-12(13(17)18)16-6-3-11(14)4-7-16/h5,8,10-11H,3-4,6-7,9H2,1-2H3. The van der Waals surface area contributed by atoms with Crippen LogP contribution in [0.2, 0.25) is 0 Å². The fourth-order valence-electron chi connectivity index (χ4n) is 2.25. The van der Waals surface area contributed by atoms with Crippen LogP contribution in [0, 0.1) is 5.92 Å². The summed E-state index contributed by atoms with van der Waals surface area (Å²) in [6.45, 7) is 6.79. The number of alkyl halides is 1. The first-order valence-corrected chi connectivity index (χ1v) is 7.44. The van der Waals surface area contributed by atoms with Gasteiger partial charge in [0.2, 0.25) is 0 Å². The Morgan fingerprint density at radius 2 is 2.11 bits per heavy atom. The first kappa shape index (κ1) is 13.6. The molecule has 1 fully saturated rings. The van der Waals surface area contributed by atoms with E-state index in [4.69, 9.17) is 0 Å². The fraction of sp³-hybridized carbons (Fsp3) is 0.692. The van der Waals surface area contributed by atoms with Gasteiger partial charge >= 0.3 is 0 Å². The second-order valence-electron chi connectivity index (χ2n) is 5.26. The minimum Gasteiger partial charge on any atom is -0.352 e. The van der Waals surface area contributed by atoms with Crippen LogP contribution < -0.4 is 10.5 Å². The normalized spacial score (nSPS) is 17.4. The Balaban J connectivity index is 2.20. The average molecular weight is 314 g/mol. The van der Waals surface area contributed by atoms with E-state index in [1.54, 1.807) is 17.0 Å². The molecule has 2 heterocycles. The third-order valence-electron chi connectivity index (χ3n) is 3.18. The van der Waals surface area contributed by atoms with Crippen molar-refractivity contribution in [2.45, 2.75) is 38.1 Å². The Bertz CT molecular complexity index is 450. The molecule has 1 aromatic heterocycles. The summed E-state index contributed by atoms with van der Waals surface area (Å²) in [5.74, 6) is 1.07. The lowest BCUT2D eigenvalue weighted by Gasteiger charge is -2.30. The molecule has 4 nitrogen and oxygen atoms in total. The molecule has 0 aliphatic carbocycles. The van der Waals surface area contributed by atoms with Gasteiger partial charge in [0.15, 0.2) is 5.82 Å².